The lowest BCUT2D eigenvalue weighted by molar-refractivity contribution is -0.146. The van der Waals surface area contributed by atoms with Crippen LogP contribution in [0.25, 0.3) is 10.9 Å². The molecule has 184 valence electrons. The van der Waals surface area contributed by atoms with E-state index in [0.717, 1.165) is 60.3 Å². The van der Waals surface area contributed by atoms with Crippen LogP contribution in [-0.2, 0) is 23.8 Å². The Balaban J connectivity index is 1.42. The van der Waals surface area contributed by atoms with E-state index >= 15 is 0 Å². The summed E-state index contributed by atoms with van der Waals surface area (Å²) in [5.74, 6) is 0.810. The number of hydrogen-bond acceptors (Lipinski definition) is 4. The molecule has 6 nitrogen and oxygen atoms in total. The van der Waals surface area contributed by atoms with Crippen LogP contribution in [0.5, 0.6) is 5.75 Å². The SMILES string of the molecule is COc1ccc2c3c(n(C)c2c1)[C@@H](CO)N(C(=O)C1CCC1)CC31CN(Cc2cccc(F)c2)C1. The number of halogens is 1. The highest BCUT2D eigenvalue weighted by atomic mass is 19.1. The third kappa shape index (κ3) is 3.47. The van der Waals surface area contributed by atoms with E-state index in [9.17, 15) is 14.3 Å². The molecule has 0 unspecified atom stereocenters. The molecule has 1 aliphatic carbocycles. The first-order valence-corrected chi connectivity index (χ1v) is 12.5. The van der Waals surface area contributed by atoms with Crippen molar-refractivity contribution >= 4 is 16.8 Å². The topological polar surface area (TPSA) is 57.9 Å². The second kappa shape index (κ2) is 8.35. The molecular formula is C28H32FN3O3. The van der Waals surface area contributed by atoms with Crippen molar-refractivity contribution in [1.29, 1.82) is 0 Å². The Morgan fingerprint density at radius 1 is 1.17 bits per heavy atom. The lowest BCUT2D eigenvalue weighted by atomic mass is 9.68. The number of aliphatic hydroxyl groups excluding tert-OH is 1. The van der Waals surface area contributed by atoms with Crippen molar-refractivity contribution in [2.45, 2.75) is 37.3 Å². The van der Waals surface area contributed by atoms with Crippen LogP contribution in [0, 0.1) is 11.7 Å². The minimum absolute atomic E-state index is 0.0703. The Labute approximate surface area is 204 Å². The van der Waals surface area contributed by atoms with Crippen LogP contribution in [0.3, 0.4) is 0 Å². The number of fused-ring (bicyclic) bond motifs is 4. The smallest absolute Gasteiger partial charge is 0.226 e. The van der Waals surface area contributed by atoms with Crippen LogP contribution in [0.4, 0.5) is 4.39 Å². The normalized spacial score (nSPS) is 21.6. The molecule has 1 spiro atoms. The Morgan fingerprint density at radius 3 is 2.63 bits per heavy atom. The van der Waals surface area contributed by atoms with Gasteiger partial charge >= 0.3 is 0 Å². The minimum atomic E-state index is -0.357. The Kier molecular flexibility index (Phi) is 5.38. The number of benzene rings is 2. The van der Waals surface area contributed by atoms with Gasteiger partial charge in [-0.2, -0.15) is 0 Å². The molecule has 2 fully saturated rings. The maximum absolute atomic E-state index is 13.8. The van der Waals surface area contributed by atoms with Crippen LogP contribution in [0.15, 0.2) is 42.5 Å². The zero-order chi connectivity index (χ0) is 24.3. The molecule has 2 aliphatic heterocycles. The van der Waals surface area contributed by atoms with Crippen LogP contribution < -0.4 is 4.74 Å². The summed E-state index contributed by atoms with van der Waals surface area (Å²) in [6.45, 7) is 2.75. The van der Waals surface area contributed by atoms with Crippen molar-refractivity contribution in [3.8, 4) is 5.75 Å². The maximum atomic E-state index is 13.8. The van der Waals surface area contributed by atoms with E-state index in [0.29, 0.717) is 13.1 Å². The minimum Gasteiger partial charge on any atom is -0.497 e. The van der Waals surface area contributed by atoms with Gasteiger partial charge in [-0.3, -0.25) is 9.69 Å². The molecule has 3 heterocycles. The Bertz CT molecular complexity index is 1290. The summed E-state index contributed by atoms with van der Waals surface area (Å²) in [6.07, 6.45) is 2.97. The van der Waals surface area contributed by atoms with Gasteiger partial charge < -0.3 is 19.3 Å². The third-order valence-corrected chi connectivity index (χ3v) is 8.41. The molecule has 0 bridgehead atoms. The maximum Gasteiger partial charge on any atom is 0.226 e. The number of ether oxygens (including phenoxy) is 1. The van der Waals surface area contributed by atoms with Gasteiger partial charge in [0, 0.05) is 61.7 Å². The Morgan fingerprint density at radius 2 is 1.97 bits per heavy atom. The van der Waals surface area contributed by atoms with Crippen molar-refractivity contribution < 1.29 is 19.0 Å². The molecule has 3 aromatic rings. The summed E-state index contributed by atoms with van der Waals surface area (Å²) in [4.78, 5) is 17.8. The summed E-state index contributed by atoms with van der Waals surface area (Å²) in [5.41, 5.74) is 4.05. The third-order valence-electron chi connectivity index (χ3n) is 8.41. The molecule has 1 aromatic heterocycles. The fraction of sp³-hybridized carbons (Fsp3) is 0.464. The van der Waals surface area contributed by atoms with Gasteiger partial charge in [0.25, 0.3) is 0 Å². The van der Waals surface area contributed by atoms with Crippen molar-refractivity contribution in [1.82, 2.24) is 14.4 Å². The number of hydrogen-bond donors (Lipinski definition) is 1. The largest absolute Gasteiger partial charge is 0.497 e. The zero-order valence-corrected chi connectivity index (χ0v) is 20.3. The van der Waals surface area contributed by atoms with Gasteiger partial charge in [0.2, 0.25) is 5.91 Å². The molecule has 1 saturated carbocycles. The molecule has 3 aliphatic rings. The summed E-state index contributed by atoms with van der Waals surface area (Å²) in [6, 6.07) is 12.6. The number of aromatic nitrogens is 1. The molecule has 35 heavy (non-hydrogen) atoms. The number of rotatable bonds is 5. The van der Waals surface area contributed by atoms with Crippen LogP contribution in [0.1, 0.15) is 42.1 Å². The first-order valence-electron chi connectivity index (χ1n) is 12.5. The quantitative estimate of drug-likeness (QED) is 0.608. The standard InChI is InChI=1S/C28H32FN3O3/c1-30-23-12-21(35-2)9-10-22(23)25-26(30)24(14-33)32(27(34)19-6-4-7-19)17-28(25)15-31(16-28)13-18-5-3-8-20(29)11-18/h3,5,8-12,19,24,33H,4,6-7,13-17H2,1-2H3/t24-/m1/s1. The molecule has 6 rings (SSSR count). The highest BCUT2D eigenvalue weighted by Crippen LogP contribution is 2.50. The second-order valence-electron chi connectivity index (χ2n) is 10.6. The molecule has 7 heteroatoms. The number of aryl methyl sites for hydroxylation is 1. The van der Waals surface area contributed by atoms with E-state index in [1.54, 1.807) is 19.2 Å². The number of likely N-dealkylation sites (tertiary alicyclic amines) is 1. The summed E-state index contributed by atoms with van der Waals surface area (Å²) in [7, 11) is 3.69. The van der Waals surface area contributed by atoms with E-state index in [1.165, 1.54) is 11.6 Å². The number of amides is 1. The van der Waals surface area contributed by atoms with Gasteiger partial charge in [0.15, 0.2) is 0 Å². The van der Waals surface area contributed by atoms with Gasteiger partial charge in [0.1, 0.15) is 11.6 Å². The number of methoxy groups -OCH3 is 1. The van der Waals surface area contributed by atoms with Crippen molar-refractivity contribution in [3.05, 3.63) is 65.1 Å². The number of nitrogens with zero attached hydrogens (tertiary/aromatic N) is 3. The fourth-order valence-electron chi connectivity index (χ4n) is 6.55. The summed E-state index contributed by atoms with van der Waals surface area (Å²) >= 11 is 0. The monoisotopic (exact) mass is 477 g/mol. The van der Waals surface area contributed by atoms with E-state index in [4.69, 9.17) is 4.74 Å². The molecule has 1 saturated heterocycles. The molecular weight excluding hydrogens is 445 g/mol. The molecule has 1 amide bonds. The van der Waals surface area contributed by atoms with Crippen LogP contribution in [-0.4, -0.2) is 58.7 Å². The lowest BCUT2D eigenvalue weighted by Crippen LogP contribution is -2.67. The van der Waals surface area contributed by atoms with Gasteiger partial charge in [-0.05, 0) is 48.2 Å². The van der Waals surface area contributed by atoms with E-state index in [1.807, 2.05) is 30.1 Å². The molecule has 1 atom stereocenters. The molecule has 2 aromatic carbocycles. The summed E-state index contributed by atoms with van der Waals surface area (Å²) < 4.78 is 21.4. The van der Waals surface area contributed by atoms with E-state index in [2.05, 4.69) is 15.5 Å². The van der Waals surface area contributed by atoms with Gasteiger partial charge in [0.05, 0.1) is 25.3 Å². The highest BCUT2D eigenvalue weighted by molar-refractivity contribution is 5.90. The van der Waals surface area contributed by atoms with Crippen molar-refractivity contribution in [2.75, 3.05) is 33.4 Å². The van der Waals surface area contributed by atoms with Gasteiger partial charge in [-0.15, -0.1) is 0 Å². The first kappa shape index (κ1) is 22.6. The van der Waals surface area contributed by atoms with Crippen molar-refractivity contribution in [2.24, 2.45) is 13.0 Å². The second-order valence-corrected chi connectivity index (χ2v) is 10.6. The predicted molar refractivity (Wildman–Crippen MR) is 132 cm³/mol. The predicted octanol–water partition coefficient (Wildman–Crippen LogP) is 3.76. The lowest BCUT2D eigenvalue weighted by Gasteiger charge is -2.57. The van der Waals surface area contributed by atoms with Crippen LogP contribution in [0.2, 0.25) is 0 Å². The average molecular weight is 478 g/mol. The van der Waals surface area contributed by atoms with Crippen molar-refractivity contribution in [3.63, 3.8) is 0 Å². The van der Waals surface area contributed by atoms with Gasteiger partial charge in [-0.25, -0.2) is 4.39 Å². The first-order chi connectivity index (χ1) is 16.9. The number of carbonyl (C=O) groups is 1. The molecule has 0 radical (unpaired) electrons. The van der Waals surface area contributed by atoms with E-state index in [-0.39, 0.29) is 35.7 Å². The summed E-state index contributed by atoms with van der Waals surface area (Å²) in [5, 5.41) is 11.7. The zero-order valence-electron chi connectivity index (χ0n) is 20.3. The molecule has 1 N–H and O–H groups in total. The van der Waals surface area contributed by atoms with Gasteiger partial charge in [-0.1, -0.05) is 18.6 Å². The highest BCUT2D eigenvalue weighted by Gasteiger charge is 2.54. The fourth-order valence-corrected chi connectivity index (χ4v) is 6.55. The number of carbonyl (C=O) groups excluding carboxylic acids is 1. The number of aliphatic hydroxyl groups is 1. The van der Waals surface area contributed by atoms with Crippen LogP contribution >= 0.6 is 0 Å². The average Bonchev–Trinajstić information content (AvgIpc) is 3.09. The van der Waals surface area contributed by atoms with E-state index < -0.39 is 0 Å². The Hall–Kier alpha value is -2.90.